The van der Waals surface area contributed by atoms with Gasteiger partial charge in [0.2, 0.25) is 5.91 Å². The number of aryl methyl sites for hydroxylation is 3. The Morgan fingerprint density at radius 2 is 1.77 bits per heavy atom. The van der Waals surface area contributed by atoms with E-state index in [4.69, 9.17) is 0 Å². The van der Waals surface area contributed by atoms with Crippen LogP contribution in [0.15, 0.2) is 52.2 Å². The second kappa shape index (κ2) is 8.06. The van der Waals surface area contributed by atoms with Crippen LogP contribution in [0.5, 0.6) is 0 Å². The molecule has 0 saturated carbocycles. The number of carbonyl (C=O) groups excluding carboxylic acids is 1. The highest BCUT2D eigenvalue weighted by molar-refractivity contribution is 8.02. The topological polar surface area (TPSA) is 42.0 Å². The van der Waals surface area contributed by atoms with E-state index in [0.29, 0.717) is 0 Å². The monoisotopic (exact) mass is 382 g/mol. The first kappa shape index (κ1) is 18.7. The maximum atomic E-state index is 12.6. The molecule has 0 spiro atoms. The summed E-state index contributed by atoms with van der Waals surface area (Å²) in [6.07, 6.45) is 0. The highest BCUT2D eigenvalue weighted by Gasteiger charge is 2.18. The minimum atomic E-state index is -0.218. The minimum Gasteiger partial charge on any atom is -0.325 e. The van der Waals surface area contributed by atoms with Gasteiger partial charge < -0.3 is 5.32 Å². The molecule has 134 valence electrons. The summed E-state index contributed by atoms with van der Waals surface area (Å²) in [6.45, 7) is 8.04. The molecule has 1 aromatic heterocycles. The third-order valence-corrected chi connectivity index (χ3v) is 6.20. The van der Waals surface area contributed by atoms with Crippen molar-refractivity contribution in [2.75, 3.05) is 5.32 Å². The van der Waals surface area contributed by atoms with E-state index in [1.54, 1.807) is 11.3 Å². The number of rotatable bonds is 5. The van der Waals surface area contributed by atoms with Gasteiger partial charge in [0.1, 0.15) is 0 Å². The van der Waals surface area contributed by atoms with E-state index in [2.05, 4.69) is 29.4 Å². The van der Waals surface area contributed by atoms with Crippen LogP contribution >= 0.6 is 23.1 Å². The van der Waals surface area contributed by atoms with Crippen molar-refractivity contribution >= 4 is 34.7 Å². The molecule has 5 heteroatoms. The molecule has 0 saturated heterocycles. The molecular formula is C21H22N2OS2. The number of hydrogen-bond donors (Lipinski definition) is 1. The van der Waals surface area contributed by atoms with Crippen molar-refractivity contribution in [3.63, 3.8) is 0 Å². The van der Waals surface area contributed by atoms with E-state index < -0.39 is 0 Å². The number of nitrogens with one attached hydrogen (secondary N) is 1. The van der Waals surface area contributed by atoms with E-state index in [1.165, 1.54) is 17.3 Å². The zero-order chi connectivity index (χ0) is 18.7. The van der Waals surface area contributed by atoms with Gasteiger partial charge in [-0.25, -0.2) is 4.98 Å². The summed E-state index contributed by atoms with van der Waals surface area (Å²) in [5.74, 6) is 0.00140. The number of hydrogen-bond acceptors (Lipinski definition) is 4. The van der Waals surface area contributed by atoms with Crippen molar-refractivity contribution in [1.29, 1.82) is 0 Å². The lowest BCUT2D eigenvalue weighted by molar-refractivity contribution is -0.115. The Bertz CT molecular complexity index is 896. The van der Waals surface area contributed by atoms with Crippen LogP contribution < -0.4 is 5.32 Å². The number of nitrogens with zero attached hydrogens (tertiary/aromatic N) is 1. The number of benzene rings is 2. The van der Waals surface area contributed by atoms with Gasteiger partial charge in [0.05, 0.1) is 10.9 Å². The van der Waals surface area contributed by atoms with Crippen LogP contribution in [0.25, 0.3) is 11.3 Å². The first-order chi connectivity index (χ1) is 12.4. The molecular weight excluding hydrogens is 360 g/mol. The van der Waals surface area contributed by atoms with Gasteiger partial charge in [0.25, 0.3) is 0 Å². The van der Waals surface area contributed by atoms with Crippen molar-refractivity contribution in [3.05, 3.63) is 64.5 Å². The molecule has 0 radical (unpaired) electrons. The zero-order valence-corrected chi connectivity index (χ0v) is 17.0. The molecule has 0 bridgehead atoms. The van der Waals surface area contributed by atoms with Gasteiger partial charge in [-0.15, -0.1) is 11.3 Å². The molecule has 1 N–H and O–H groups in total. The van der Waals surface area contributed by atoms with Gasteiger partial charge in [-0.1, -0.05) is 59.8 Å². The fourth-order valence-electron chi connectivity index (χ4n) is 2.86. The first-order valence-corrected chi connectivity index (χ1v) is 10.3. The van der Waals surface area contributed by atoms with Crippen molar-refractivity contribution < 1.29 is 4.79 Å². The Morgan fingerprint density at radius 1 is 1.12 bits per heavy atom. The Morgan fingerprint density at radius 3 is 2.42 bits per heavy atom. The van der Waals surface area contributed by atoms with E-state index in [9.17, 15) is 4.79 Å². The number of thiazole rings is 1. The number of amides is 1. The Balaban J connectivity index is 1.68. The van der Waals surface area contributed by atoms with Crippen molar-refractivity contribution in [2.24, 2.45) is 0 Å². The number of aromatic nitrogens is 1. The Hall–Kier alpha value is -2.11. The lowest BCUT2D eigenvalue weighted by Crippen LogP contribution is -2.23. The second-order valence-electron chi connectivity index (χ2n) is 6.39. The molecule has 0 aliphatic carbocycles. The second-order valence-corrected chi connectivity index (χ2v) is 8.83. The van der Waals surface area contributed by atoms with E-state index in [0.717, 1.165) is 32.4 Å². The van der Waals surface area contributed by atoms with Crippen molar-refractivity contribution in [2.45, 2.75) is 37.3 Å². The quantitative estimate of drug-likeness (QED) is 0.562. The number of carbonyl (C=O) groups is 1. The molecule has 3 aromatic rings. The highest BCUT2D eigenvalue weighted by Crippen LogP contribution is 2.31. The summed E-state index contributed by atoms with van der Waals surface area (Å²) in [6, 6.07) is 14.3. The van der Waals surface area contributed by atoms with Crippen LogP contribution in [0.3, 0.4) is 0 Å². The van der Waals surface area contributed by atoms with Crippen LogP contribution in [-0.2, 0) is 4.79 Å². The van der Waals surface area contributed by atoms with Crippen LogP contribution in [-0.4, -0.2) is 16.1 Å². The van der Waals surface area contributed by atoms with Gasteiger partial charge in [0, 0.05) is 16.6 Å². The standard InChI is InChI=1S/C21H22N2OS2/c1-13-10-14(2)19(15(3)11-13)23-20(24)16(4)26-21-22-18(12-25-21)17-8-6-5-7-9-17/h5-12,16H,1-4H3,(H,23,24). The first-order valence-electron chi connectivity index (χ1n) is 8.50. The summed E-state index contributed by atoms with van der Waals surface area (Å²) < 4.78 is 0.906. The normalized spacial score (nSPS) is 12.0. The molecule has 2 aromatic carbocycles. The Labute approximate surface area is 162 Å². The largest absolute Gasteiger partial charge is 0.325 e. The molecule has 0 aliphatic rings. The lowest BCUT2D eigenvalue weighted by Gasteiger charge is -2.15. The predicted octanol–water partition coefficient (Wildman–Crippen LogP) is 5.85. The average molecular weight is 383 g/mol. The summed E-state index contributed by atoms with van der Waals surface area (Å²) in [5.41, 5.74) is 6.35. The fourth-order valence-corrected chi connectivity index (χ4v) is 4.83. The molecule has 26 heavy (non-hydrogen) atoms. The minimum absolute atomic E-state index is 0.00140. The molecule has 1 unspecified atom stereocenters. The number of anilines is 1. The van der Waals surface area contributed by atoms with Gasteiger partial charge in [-0.05, 0) is 38.8 Å². The van der Waals surface area contributed by atoms with Crippen LogP contribution in [0, 0.1) is 20.8 Å². The van der Waals surface area contributed by atoms with Crippen molar-refractivity contribution in [3.8, 4) is 11.3 Å². The maximum Gasteiger partial charge on any atom is 0.237 e. The van der Waals surface area contributed by atoms with Crippen LogP contribution in [0.1, 0.15) is 23.6 Å². The molecule has 3 rings (SSSR count). The van der Waals surface area contributed by atoms with Gasteiger partial charge in [-0.3, -0.25) is 4.79 Å². The fraction of sp³-hybridized carbons (Fsp3) is 0.238. The van der Waals surface area contributed by atoms with E-state index in [-0.39, 0.29) is 11.2 Å². The van der Waals surface area contributed by atoms with Crippen LogP contribution in [0.4, 0.5) is 5.69 Å². The maximum absolute atomic E-state index is 12.6. The van der Waals surface area contributed by atoms with Crippen LogP contribution in [0.2, 0.25) is 0 Å². The molecule has 3 nitrogen and oxygen atoms in total. The molecule has 1 amide bonds. The molecule has 1 atom stereocenters. The smallest absolute Gasteiger partial charge is 0.237 e. The summed E-state index contributed by atoms with van der Waals surface area (Å²) in [5, 5.41) is 4.90. The third-order valence-electron chi connectivity index (χ3n) is 4.12. The van der Waals surface area contributed by atoms with E-state index >= 15 is 0 Å². The van der Waals surface area contributed by atoms with Gasteiger partial charge in [-0.2, -0.15) is 0 Å². The highest BCUT2D eigenvalue weighted by atomic mass is 32.2. The lowest BCUT2D eigenvalue weighted by atomic mass is 10.1. The van der Waals surface area contributed by atoms with E-state index in [1.807, 2.05) is 56.5 Å². The zero-order valence-electron chi connectivity index (χ0n) is 15.4. The molecule has 0 aliphatic heterocycles. The van der Waals surface area contributed by atoms with Gasteiger partial charge >= 0.3 is 0 Å². The van der Waals surface area contributed by atoms with Crippen molar-refractivity contribution in [1.82, 2.24) is 4.98 Å². The molecule has 0 fully saturated rings. The summed E-state index contributed by atoms with van der Waals surface area (Å²) >= 11 is 3.07. The Kier molecular flexibility index (Phi) is 5.79. The third kappa shape index (κ3) is 4.34. The summed E-state index contributed by atoms with van der Waals surface area (Å²) in [4.78, 5) is 17.3. The molecule has 1 heterocycles. The van der Waals surface area contributed by atoms with Gasteiger partial charge in [0.15, 0.2) is 4.34 Å². The summed E-state index contributed by atoms with van der Waals surface area (Å²) in [7, 11) is 0. The predicted molar refractivity (Wildman–Crippen MR) is 112 cm³/mol. The SMILES string of the molecule is Cc1cc(C)c(NC(=O)C(C)Sc2nc(-c3ccccc3)cs2)c(C)c1. The average Bonchev–Trinajstić information content (AvgIpc) is 3.07. The number of thioether (sulfide) groups is 1.